The van der Waals surface area contributed by atoms with Crippen LogP contribution in [0.4, 0.5) is 4.79 Å². The second kappa shape index (κ2) is 5.86. The van der Waals surface area contributed by atoms with Gasteiger partial charge in [0.1, 0.15) is 0 Å². The third-order valence-electron chi connectivity index (χ3n) is 2.71. The molecule has 14 heavy (non-hydrogen) atoms. The monoisotopic (exact) mass is 199 g/mol. The Labute approximate surface area is 85.6 Å². The number of carbonyl (C=O) groups is 1. The van der Waals surface area contributed by atoms with Crippen LogP contribution in [0, 0.1) is 5.92 Å². The number of hydrogen-bond acceptors (Lipinski definition) is 2. The van der Waals surface area contributed by atoms with E-state index in [2.05, 4.69) is 10.6 Å². The van der Waals surface area contributed by atoms with Crippen molar-refractivity contribution in [3.8, 4) is 0 Å². The first-order chi connectivity index (χ1) is 6.72. The highest BCUT2D eigenvalue weighted by Gasteiger charge is 2.19. The molecular formula is C10H21N3O. The van der Waals surface area contributed by atoms with Gasteiger partial charge in [0, 0.05) is 19.1 Å². The molecule has 82 valence electrons. The van der Waals surface area contributed by atoms with E-state index in [1.807, 2.05) is 6.92 Å². The summed E-state index contributed by atoms with van der Waals surface area (Å²) in [6.45, 7) is 3.35. The van der Waals surface area contributed by atoms with Crippen molar-refractivity contribution in [3.63, 3.8) is 0 Å². The zero-order chi connectivity index (χ0) is 10.4. The summed E-state index contributed by atoms with van der Waals surface area (Å²) < 4.78 is 0. The van der Waals surface area contributed by atoms with Gasteiger partial charge in [-0.05, 0) is 32.1 Å². The van der Waals surface area contributed by atoms with E-state index in [4.69, 9.17) is 5.73 Å². The third-order valence-corrected chi connectivity index (χ3v) is 2.71. The van der Waals surface area contributed by atoms with Gasteiger partial charge in [0.25, 0.3) is 0 Å². The van der Waals surface area contributed by atoms with Crippen molar-refractivity contribution in [1.82, 2.24) is 10.6 Å². The molecule has 0 heterocycles. The maximum absolute atomic E-state index is 11.1. The molecule has 1 saturated carbocycles. The van der Waals surface area contributed by atoms with Crippen molar-refractivity contribution in [2.75, 3.05) is 13.1 Å². The Balaban J connectivity index is 2.14. The fraction of sp³-hybridized carbons (Fsp3) is 0.900. The second-order valence-electron chi connectivity index (χ2n) is 4.03. The molecule has 4 N–H and O–H groups in total. The van der Waals surface area contributed by atoms with Crippen molar-refractivity contribution < 1.29 is 4.79 Å². The van der Waals surface area contributed by atoms with Gasteiger partial charge in [0.05, 0.1) is 0 Å². The lowest BCUT2D eigenvalue weighted by Crippen LogP contribution is -2.40. The molecule has 0 aromatic heterocycles. The summed E-state index contributed by atoms with van der Waals surface area (Å²) in [7, 11) is 0. The van der Waals surface area contributed by atoms with Crippen LogP contribution >= 0.6 is 0 Å². The van der Waals surface area contributed by atoms with Crippen molar-refractivity contribution in [2.24, 2.45) is 11.7 Å². The summed E-state index contributed by atoms with van der Waals surface area (Å²) in [6.07, 6.45) is 4.58. The highest BCUT2D eigenvalue weighted by molar-refractivity contribution is 5.73. The molecule has 0 aromatic rings. The summed E-state index contributed by atoms with van der Waals surface area (Å²) in [5.74, 6) is 0.571. The molecule has 1 aliphatic rings. The summed E-state index contributed by atoms with van der Waals surface area (Å²) >= 11 is 0. The topological polar surface area (TPSA) is 67.2 Å². The highest BCUT2D eigenvalue weighted by atomic mass is 16.2. The van der Waals surface area contributed by atoms with E-state index in [9.17, 15) is 4.79 Å². The van der Waals surface area contributed by atoms with Gasteiger partial charge >= 0.3 is 6.03 Å². The van der Waals surface area contributed by atoms with E-state index in [-0.39, 0.29) is 6.03 Å². The number of nitrogens with two attached hydrogens (primary N) is 1. The third kappa shape index (κ3) is 3.96. The molecule has 0 aromatic carbocycles. The fourth-order valence-corrected chi connectivity index (χ4v) is 1.98. The number of amides is 2. The predicted octanol–water partition coefficient (Wildman–Crippen LogP) is 0.823. The van der Waals surface area contributed by atoms with E-state index in [0.29, 0.717) is 18.5 Å². The molecule has 1 rings (SSSR count). The van der Waals surface area contributed by atoms with Crippen LogP contribution in [0.15, 0.2) is 0 Å². The molecule has 4 heteroatoms. The zero-order valence-corrected chi connectivity index (χ0v) is 8.88. The first kappa shape index (κ1) is 11.3. The molecule has 0 radical (unpaired) electrons. The van der Waals surface area contributed by atoms with Gasteiger partial charge in [0.15, 0.2) is 0 Å². The molecular weight excluding hydrogens is 178 g/mol. The van der Waals surface area contributed by atoms with Crippen molar-refractivity contribution >= 4 is 6.03 Å². The lowest BCUT2D eigenvalue weighted by atomic mass is 9.86. The van der Waals surface area contributed by atoms with E-state index >= 15 is 0 Å². The van der Waals surface area contributed by atoms with Crippen molar-refractivity contribution in [2.45, 2.75) is 38.6 Å². The molecule has 2 amide bonds. The maximum atomic E-state index is 11.1. The van der Waals surface area contributed by atoms with Crippen LogP contribution in [0.25, 0.3) is 0 Å². The van der Waals surface area contributed by atoms with E-state index < -0.39 is 0 Å². The lowest BCUT2D eigenvalue weighted by molar-refractivity contribution is 0.235. The summed E-state index contributed by atoms with van der Waals surface area (Å²) in [6, 6.07) is 0.274. The molecule has 0 aliphatic heterocycles. The Bertz CT molecular complexity index is 184. The van der Waals surface area contributed by atoms with Gasteiger partial charge in [-0.15, -0.1) is 0 Å². The van der Waals surface area contributed by atoms with E-state index in [0.717, 1.165) is 19.4 Å². The van der Waals surface area contributed by atoms with Crippen LogP contribution in [-0.2, 0) is 0 Å². The van der Waals surface area contributed by atoms with Gasteiger partial charge in [-0.3, -0.25) is 0 Å². The minimum Gasteiger partial charge on any atom is -0.338 e. The summed E-state index contributed by atoms with van der Waals surface area (Å²) in [4.78, 5) is 11.1. The smallest absolute Gasteiger partial charge is 0.314 e. The fourth-order valence-electron chi connectivity index (χ4n) is 1.98. The average molecular weight is 199 g/mol. The van der Waals surface area contributed by atoms with Gasteiger partial charge < -0.3 is 16.4 Å². The Kier molecular flexibility index (Phi) is 4.73. The van der Waals surface area contributed by atoms with E-state index in [1.165, 1.54) is 12.8 Å². The maximum Gasteiger partial charge on any atom is 0.314 e. The SMILES string of the molecule is CCNC(=O)NCC1CCCC(N)C1. The number of carbonyl (C=O) groups excluding carboxylic acids is 1. The average Bonchev–Trinajstić information content (AvgIpc) is 2.15. The number of hydrogen-bond donors (Lipinski definition) is 3. The van der Waals surface area contributed by atoms with Gasteiger partial charge in [0.2, 0.25) is 0 Å². The number of nitrogens with one attached hydrogen (secondary N) is 2. The minimum atomic E-state index is -0.0633. The molecule has 4 nitrogen and oxygen atoms in total. The van der Waals surface area contributed by atoms with Gasteiger partial charge in [-0.1, -0.05) is 6.42 Å². The first-order valence-corrected chi connectivity index (χ1v) is 5.49. The van der Waals surface area contributed by atoms with Crippen molar-refractivity contribution in [3.05, 3.63) is 0 Å². The van der Waals surface area contributed by atoms with Crippen LogP contribution in [0.2, 0.25) is 0 Å². The summed E-state index contributed by atoms with van der Waals surface area (Å²) in [5.41, 5.74) is 5.86. The molecule has 0 bridgehead atoms. The lowest BCUT2D eigenvalue weighted by Gasteiger charge is -2.26. The van der Waals surface area contributed by atoms with E-state index in [1.54, 1.807) is 0 Å². The largest absolute Gasteiger partial charge is 0.338 e. The second-order valence-corrected chi connectivity index (χ2v) is 4.03. The Morgan fingerprint density at radius 1 is 1.43 bits per heavy atom. The van der Waals surface area contributed by atoms with Crippen LogP contribution in [0.5, 0.6) is 0 Å². The van der Waals surface area contributed by atoms with Crippen LogP contribution in [0.1, 0.15) is 32.6 Å². The van der Waals surface area contributed by atoms with Crippen LogP contribution in [-0.4, -0.2) is 25.2 Å². The molecule has 1 fully saturated rings. The Hall–Kier alpha value is -0.770. The standard InChI is InChI=1S/C10H21N3O/c1-2-12-10(14)13-7-8-4-3-5-9(11)6-8/h8-9H,2-7,11H2,1H3,(H2,12,13,14). The Morgan fingerprint density at radius 3 is 2.86 bits per heavy atom. The predicted molar refractivity (Wildman–Crippen MR) is 57.0 cm³/mol. The molecule has 2 atom stereocenters. The quantitative estimate of drug-likeness (QED) is 0.630. The zero-order valence-electron chi connectivity index (χ0n) is 8.88. The molecule has 2 unspecified atom stereocenters. The van der Waals surface area contributed by atoms with Gasteiger partial charge in [-0.25, -0.2) is 4.79 Å². The number of rotatable bonds is 3. The summed E-state index contributed by atoms with van der Waals surface area (Å²) in [5, 5.41) is 5.58. The van der Waals surface area contributed by atoms with Crippen LogP contribution in [0.3, 0.4) is 0 Å². The first-order valence-electron chi connectivity index (χ1n) is 5.49. The van der Waals surface area contributed by atoms with Crippen LogP contribution < -0.4 is 16.4 Å². The van der Waals surface area contributed by atoms with Gasteiger partial charge in [-0.2, -0.15) is 0 Å². The Morgan fingerprint density at radius 2 is 2.21 bits per heavy atom. The molecule has 0 spiro atoms. The normalized spacial score (nSPS) is 27.0. The minimum absolute atomic E-state index is 0.0633. The molecule has 0 saturated heterocycles. The highest BCUT2D eigenvalue weighted by Crippen LogP contribution is 2.22. The number of urea groups is 1. The van der Waals surface area contributed by atoms with Crippen molar-refractivity contribution in [1.29, 1.82) is 0 Å². The molecule has 1 aliphatic carbocycles.